The van der Waals surface area contributed by atoms with Crippen LogP contribution < -0.4 is 16.2 Å². The third kappa shape index (κ3) is 5.85. The molecule has 6 heteroatoms. The number of allylic oxidation sites excluding steroid dienone is 1. The predicted octanol–water partition coefficient (Wildman–Crippen LogP) is 1.81. The Kier molecular flexibility index (Phi) is 6.35. The molecule has 1 heterocycles. The van der Waals surface area contributed by atoms with Gasteiger partial charge in [0.25, 0.3) is 5.56 Å². The van der Waals surface area contributed by atoms with E-state index in [1.54, 1.807) is 6.08 Å². The van der Waals surface area contributed by atoms with E-state index >= 15 is 0 Å². The number of nitrogens with zero attached hydrogens (tertiary/aromatic N) is 1. The summed E-state index contributed by atoms with van der Waals surface area (Å²) >= 11 is 0. The van der Waals surface area contributed by atoms with Crippen molar-refractivity contribution >= 4 is 12.0 Å². The average molecular weight is 264 g/mol. The molecule has 0 saturated carbocycles. The summed E-state index contributed by atoms with van der Waals surface area (Å²) in [5, 5.41) is 5.20. The van der Waals surface area contributed by atoms with Gasteiger partial charge in [-0.3, -0.25) is 10.1 Å². The Morgan fingerprint density at radius 1 is 1.58 bits per heavy atom. The molecule has 0 aliphatic carbocycles. The lowest BCUT2D eigenvalue weighted by atomic mass is 10.2. The smallest absolute Gasteiger partial charge is 0.321 e. The number of aryl methyl sites for hydroxylation is 1. The molecule has 0 bridgehead atoms. The zero-order valence-electron chi connectivity index (χ0n) is 11.2. The molecule has 2 amide bonds. The van der Waals surface area contributed by atoms with Crippen LogP contribution in [-0.2, 0) is 6.42 Å². The fourth-order valence-corrected chi connectivity index (χ4v) is 1.49. The third-order valence-electron chi connectivity index (χ3n) is 2.46. The molecule has 1 aromatic rings. The number of nitrogens with one attached hydrogen (secondary N) is 3. The molecule has 1 rings (SSSR count). The Labute approximate surface area is 112 Å². The topological polar surface area (TPSA) is 86.9 Å². The van der Waals surface area contributed by atoms with E-state index in [0.29, 0.717) is 13.0 Å². The Bertz CT molecular complexity index is 482. The van der Waals surface area contributed by atoms with Gasteiger partial charge in [0.1, 0.15) is 0 Å². The summed E-state index contributed by atoms with van der Waals surface area (Å²) < 4.78 is 0. The summed E-state index contributed by atoms with van der Waals surface area (Å²) in [5.74, 6) is 0.167. The van der Waals surface area contributed by atoms with E-state index in [4.69, 9.17) is 0 Å². The van der Waals surface area contributed by atoms with Crippen molar-refractivity contribution < 1.29 is 4.79 Å². The zero-order valence-corrected chi connectivity index (χ0v) is 11.2. The van der Waals surface area contributed by atoms with Crippen molar-refractivity contribution in [3.63, 3.8) is 0 Å². The molecule has 0 aliphatic rings. The van der Waals surface area contributed by atoms with Crippen LogP contribution in [0.25, 0.3) is 0 Å². The highest BCUT2D eigenvalue weighted by Gasteiger charge is 2.04. The van der Waals surface area contributed by atoms with Gasteiger partial charge < -0.3 is 10.3 Å². The number of anilines is 1. The fourth-order valence-electron chi connectivity index (χ4n) is 1.49. The number of H-pyrrole nitrogens is 1. The predicted molar refractivity (Wildman–Crippen MR) is 75.3 cm³/mol. The summed E-state index contributed by atoms with van der Waals surface area (Å²) in [6.45, 7) is 6.27. The summed E-state index contributed by atoms with van der Waals surface area (Å²) in [6.07, 6.45) is 5.10. The maximum absolute atomic E-state index is 11.5. The number of rotatable bonds is 7. The second-order valence-corrected chi connectivity index (χ2v) is 4.16. The molecule has 0 unspecified atom stereocenters. The van der Waals surface area contributed by atoms with E-state index in [9.17, 15) is 9.59 Å². The molecule has 0 atom stereocenters. The molecule has 19 heavy (non-hydrogen) atoms. The van der Waals surface area contributed by atoms with E-state index in [0.717, 1.165) is 25.0 Å². The highest BCUT2D eigenvalue weighted by Crippen LogP contribution is 2.01. The Balaban J connectivity index is 2.61. The number of amides is 2. The lowest BCUT2D eigenvalue weighted by Gasteiger charge is -2.07. The summed E-state index contributed by atoms with van der Waals surface area (Å²) in [4.78, 5) is 29.5. The third-order valence-corrected chi connectivity index (χ3v) is 2.46. The van der Waals surface area contributed by atoms with E-state index < -0.39 is 0 Å². The molecule has 0 aromatic carbocycles. The normalized spacial score (nSPS) is 9.95. The van der Waals surface area contributed by atoms with Crippen molar-refractivity contribution in [2.75, 3.05) is 11.9 Å². The number of urea groups is 1. The van der Waals surface area contributed by atoms with Gasteiger partial charge in [0.2, 0.25) is 5.95 Å². The first-order chi connectivity index (χ1) is 9.15. The van der Waals surface area contributed by atoms with Gasteiger partial charge in [0.15, 0.2) is 0 Å². The number of aromatic amines is 1. The monoisotopic (exact) mass is 264 g/mol. The van der Waals surface area contributed by atoms with Crippen LogP contribution in [0, 0.1) is 0 Å². The number of hydrogen-bond acceptors (Lipinski definition) is 3. The van der Waals surface area contributed by atoms with Gasteiger partial charge in [0.05, 0.1) is 0 Å². The molecule has 1 aromatic heterocycles. The standard InChI is InChI=1S/C13H20N4O2/c1-3-5-7-10-9-11(18)16-12(15-10)17-13(19)14-8-6-4-2/h3,9H,1,4-8H2,2H3,(H3,14,15,16,17,18,19). The van der Waals surface area contributed by atoms with Gasteiger partial charge in [-0.1, -0.05) is 19.4 Å². The Morgan fingerprint density at radius 2 is 2.37 bits per heavy atom. The molecule has 0 spiro atoms. The first kappa shape index (κ1) is 14.9. The first-order valence-corrected chi connectivity index (χ1v) is 6.41. The molecule has 0 fully saturated rings. The second kappa shape index (κ2) is 8.07. The summed E-state index contributed by atoms with van der Waals surface area (Å²) in [7, 11) is 0. The molecule has 0 radical (unpaired) electrons. The first-order valence-electron chi connectivity index (χ1n) is 6.41. The summed E-state index contributed by atoms with van der Waals surface area (Å²) in [6, 6.07) is 1.06. The van der Waals surface area contributed by atoms with Crippen LogP contribution in [0.15, 0.2) is 23.5 Å². The highest BCUT2D eigenvalue weighted by atomic mass is 16.2. The molecular weight excluding hydrogens is 244 g/mol. The second-order valence-electron chi connectivity index (χ2n) is 4.16. The van der Waals surface area contributed by atoms with Crippen LogP contribution in [0.2, 0.25) is 0 Å². The van der Waals surface area contributed by atoms with E-state index in [1.165, 1.54) is 6.07 Å². The molecule has 6 nitrogen and oxygen atoms in total. The van der Waals surface area contributed by atoms with Gasteiger partial charge >= 0.3 is 6.03 Å². The maximum atomic E-state index is 11.5. The van der Waals surface area contributed by atoms with Crippen molar-refractivity contribution in [3.05, 3.63) is 34.8 Å². The minimum Gasteiger partial charge on any atom is -0.338 e. The van der Waals surface area contributed by atoms with Crippen LogP contribution in [0.5, 0.6) is 0 Å². The van der Waals surface area contributed by atoms with Crippen molar-refractivity contribution in [2.24, 2.45) is 0 Å². The van der Waals surface area contributed by atoms with Gasteiger partial charge in [-0.25, -0.2) is 4.79 Å². The van der Waals surface area contributed by atoms with Gasteiger partial charge in [-0.15, -0.1) is 6.58 Å². The molecular formula is C13H20N4O2. The van der Waals surface area contributed by atoms with Gasteiger partial charge in [-0.05, 0) is 19.3 Å². The number of carbonyl (C=O) groups is 1. The maximum Gasteiger partial charge on any atom is 0.321 e. The van der Waals surface area contributed by atoms with E-state index in [2.05, 4.69) is 27.2 Å². The largest absolute Gasteiger partial charge is 0.338 e. The Hall–Kier alpha value is -2.11. The lowest BCUT2D eigenvalue weighted by molar-refractivity contribution is 0.252. The average Bonchev–Trinajstić information content (AvgIpc) is 2.36. The van der Waals surface area contributed by atoms with Crippen LogP contribution in [0.4, 0.5) is 10.7 Å². The molecule has 3 N–H and O–H groups in total. The lowest BCUT2D eigenvalue weighted by Crippen LogP contribution is -2.31. The van der Waals surface area contributed by atoms with Crippen LogP contribution in [0.1, 0.15) is 31.9 Å². The number of unbranched alkanes of at least 4 members (excludes halogenated alkanes) is 1. The van der Waals surface area contributed by atoms with Gasteiger partial charge in [-0.2, -0.15) is 4.98 Å². The van der Waals surface area contributed by atoms with Gasteiger partial charge in [0, 0.05) is 18.3 Å². The van der Waals surface area contributed by atoms with Crippen molar-refractivity contribution in [1.82, 2.24) is 15.3 Å². The molecule has 0 saturated heterocycles. The minimum atomic E-state index is -0.373. The number of hydrogen-bond donors (Lipinski definition) is 3. The van der Waals surface area contributed by atoms with Crippen molar-refractivity contribution in [2.45, 2.75) is 32.6 Å². The number of carbonyl (C=O) groups excluding carboxylic acids is 1. The fraction of sp³-hybridized carbons (Fsp3) is 0.462. The SMILES string of the molecule is C=CCCc1cc(=O)nc(NC(=O)NCCCC)[nH]1. The van der Waals surface area contributed by atoms with Crippen molar-refractivity contribution in [1.29, 1.82) is 0 Å². The van der Waals surface area contributed by atoms with Crippen LogP contribution >= 0.6 is 0 Å². The van der Waals surface area contributed by atoms with E-state index in [1.807, 2.05) is 6.92 Å². The van der Waals surface area contributed by atoms with Crippen LogP contribution in [-0.4, -0.2) is 22.5 Å². The van der Waals surface area contributed by atoms with Crippen molar-refractivity contribution in [3.8, 4) is 0 Å². The highest BCUT2D eigenvalue weighted by molar-refractivity contribution is 5.87. The quantitative estimate of drug-likeness (QED) is 0.518. The summed E-state index contributed by atoms with van der Waals surface area (Å²) in [5.41, 5.74) is 0.352. The number of aromatic nitrogens is 2. The Morgan fingerprint density at radius 3 is 3.05 bits per heavy atom. The van der Waals surface area contributed by atoms with Crippen LogP contribution in [0.3, 0.4) is 0 Å². The zero-order chi connectivity index (χ0) is 14.1. The minimum absolute atomic E-state index is 0.167. The molecule has 104 valence electrons. The molecule has 0 aliphatic heterocycles. The van der Waals surface area contributed by atoms with E-state index in [-0.39, 0.29) is 17.5 Å².